The normalized spacial score (nSPS) is 15.9. The van der Waals surface area contributed by atoms with Crippen molar-refractivity contribution < 1.29 is 0 Å². The Labute approximate surface area is 188 Å². The first-order chi connectivity index (χ1) is 15.3. The summed E-state index contributed by atoms with van der Waals surface area (Å²) < 4.78 is 0. The zero-order chi connectivity index (χ0) is 22.4. The van der Waals surface area contributed by atoms with Crippen LogP contribution in [0, 0.1) is 17.9 Å². The highest BCUT2D eigenvalue weighted by atomic mass is 14.6. The molecule has 0 N–H and O–H groups in total. The lowest BCUT2D eigenvalue weighted by Crippen LogP contribution is -2.17. The Morgan fingerprint density at radius 3 is 2.06 bits per heavy atom. The molecule has 2 nitrogen and oxygen atoms in total. The number of hydrogen-bond acceptors (Lipinski definition) is 1. The monoisotopic (exact) mass is 410 g/mol. The van der Waals surface area contributed by atoms with E-state index >= 15 is 0 Å². The van der Waals surface area contributed by atoms with Crippen molar-refractivity contribution in [3.8, 4) is 28.3 Å². The summed E-state index contributed by atoms with van der Waals surface area (Å²) in [5.41, 5.74) is 11.2. The number of nitriles is 1. The third-order valence-electron chi connectivity index (χ3n) is 7.70. The molecule has 6 rings (SSSR count). The molecule has 0 atom stereocenters. The molecule has 0 unspecified atom stereocenters. The van der Waals surface area contributed by atoms with Gasteiger partial charge >= 0.3 is 0 Å². The summed E-state index contributed by atoms with van der Waals surface area (Å²) in [5.74, 6) is 0. The van der Waals surface area contributed by atoms with E-state index in [2.05, 4.69) is 87.1 Å². The van der Waals surface area contributed by atoms with Crippen LogP contribution >= 0.6 is 0 Å². The van der Waals surface area contributed by atoms with Gasteiger partial charge in [-0.2, -0.15) is 5.26 Å². The quantitative estimate of drug-likeness (QED) is 0.271. The largest absolute Gasteiger partial charge is 0.238 e. The summed E-state index contributed by atoms with van der Waals surface area (Å²) >= 11 is 0. The van der Waals surface area contributed by atoms with E-state index < -0.39 is 0 Å². The van der Waals surface area contributed by atoms with E-state index in [4.69, 9.17) is 6.57 Å². The Balaban J connectivity index is 1.72. The molecule has 0 fully saturated rings. The highest BCUT2D eigenvalue weighted by Crippen LogP contribution is 2.58. The van der Waals surface area contributed by atoms with Crippen molar-refractivity contribution in [3.05, 3.63) is 99.9 Å². The van der Waals surface area contributed by atoms with Crippen LogP contribution < -0.4 is 0 Å². The molecular weight excluding hydrogens is 388 g/mol. The molecule has 0 bridgehead atoms. The first-order valence-electron chi connectivity index (χ1n) is 11.0. The molecule has 0 heterocycles. The van der Waals surface area contributed by atoms with Gasteiger partial charge in [0.25, 0.3) is 0 Å². The number of benzene rings is 4. The minimum atomic E-state index is -0.192. The molecule has 4 aromatic rings. The fourth-order valence-corrected chi connectivity index (χ4v) is 5.95. The average molecular weight is 411 g/mol. The molecule has 0 aromatic heterocycles. The average Bonchev–Trinajstić information content (AvgIpc) is 3.16. The van der Waals surface area contributed by atoms with Gasteiger partial charge in [-0.3, -0.25) is 0 Å². The van der Waals surface area contributed by atoms with E-state index in [0.717, 1.165) is 16.5 Å². The van der Waals surface area contributed by atoms with Gasteiger partial charge in [0.2, 0.25) is 0 Å². The van der Waals surface area contributed by atoms with Crippen molar-refractivity contribution in [2.75, 3.05) is 0 Å². The number of hydrogen-bond donors (Lipinski definition) is 0. The predicted molar refractivity (Wildman–Crippen MR) is 130 cm³/mol. The Kier molecular flexibility index (Phi) is 3.46. The Bertz CT molecular complexity index is 1590. The molecule has 2 aliphatic rings. The smallest absolute Gasteiger partial charge is 0.195 e. The van der Waals surface area contributed by atoms with Gasteiger partial charge in [0.05, 0.1) is 18.2 Å². The number of fused-ring (bicyclic) bond motifs is 8. The van der Waals surface area contributed by atoms with Crippen LogP contribution in [0.4, 0.5) is 5.69 Å². The minimum Gasteiger partial charge on any atom is -0.238 e. The highest BCUT2D eigenvalue weighted by Gasteiger charge is 2.42. The molecule has 2 heteroatoms. The molecule has 0 amide bonds. The summed E-state index contributed by atoms with van der Waals surface area (Å²) in [6.07, 6.45) is 0. The van der Waals surface area contributed by atoms with Crippen LogP contribution in [0.15, 0.2) is 60.7 Å². The fraction of sp³-hybridized carbons (Fsp3) is 0.200. The fourth-order valence-electron chi connectivity index (χ4n) is 5.95. The summed E-state index contributed by atoms with van der Waals surface area (Å²) in [6, 6.07) is 23.5. The lowest BCUT2D eigenvalue weighted by atomic mass is 9.79. The molecule has 4 aromatic carbocycles. The lowest BCUT2D eigenvalue weighted by molar-refractivity contribution is 0.652. The second kappa shape index (κ2) is 5.87. The van der Waals surface area contributed by atoms with Crippen LogP contribution in [0.1, 0.15) is 55.5 Å². The maximum Gasteiger partial charge on any atom is 0.195 e. The Morgan fingerprint density at radius 1 is 0.719 bits per heavy atom. The maximum atomic E-state index is 9.44. The highest BCUT2D eigenvalue weighted by molar-refractivity contribution is 6.08. The zero-order valence-corrected chi connectivity index (χ0v) is 18.7. The number of nitrogens with zero attached hydrogens (tertiary/aromatic N) is 2. The third kappa shape index (κ3) is 2.12. The van der Waals surface area contributed by atoms with Crippen LogP contribution in [0.25, 0.3) is 37.9 Å². The van der Waals surface area contributed by atoms with Crippen molar-refractivity contribution >= 4 is 16.5 Å². The summed E-state index contributed by atoms with van der Waals surface area (Å²) in [5, 5.41) is 11.6. The van der Waals surface area contributed by atoms with E-state index in [1.807, 2.05) is 12.1 Å². The van der Waals surface area contributed by atoms with E-state index in [0.29, 0.717) is 5.56 Å². The topological polar surface area (TPSA) is 28.1 Å². The lowest BCUT2D eigenvalue weighted by Gasteiger charge is -2.24. The van der Waals surface area contributed by atoms with Crippen LogP contribution in [-0.2, 0) is 10.8 Å². The first-order valence-corrected chi connectivity index (χ1v) is 11.0. The van der Waals surface area contributed by atoms with Gasteiger partial charge in [-0.1, -0.05) is 64.1 Å². The van der Waals surface area contributed by atoms with Gasteiger partial charge < -0.3 is 0 Å². The van der Waals surface area contributed by atoms with E-state index in [9.17, 15) is 5.26 Å². The van der Waals surface area contributed by atoms with Crippen LogP contribution in [0.5, 0.6) is 0 Å². The molecule has 32 heavy (non-hydrogen) atoms. The zero-order valence-electron chi connectivity index (χ0n) is 18.7. The van der Waals surface area contributed by atoms with Crippen molar-refractivity contribution in [1.29, 1.82) is 5.26 Å². The molecule has 0 saturated heterocycles. The van der Waals surface area contributed by atoms with E-state index in [1.165, 1.54) is 44.5 Å². The van der Waals surface area contributed by atoms with Crippen molar-refractivity contribution in [1.82, 2.24) is 0 Å². The van der Waals surface area contributed by atoms with Crippen molar-refractivity contribution in [2.45, 2.75) is 38.5 Å². The molecule has 2 aliphatic carbocycles. The van der Waals surface area contributed by atoms with Gasteiger partial charge in [-0.05, 0) is 79.5 Å². The SMILES string of the molecule is [C-]#[N+]c1cc2c(c3ccccc13)-c1cc3c(cc1C2(C)C)-c1ccc(C#N)cc1C3(C)C. The molecule has 0 saturated carbocycles. The summed E-state index contributed by atoms with van der Waals surface area (Å²) in [6.45, 7) is 16.8. The second-order valence-electron chi connectivity index (χ2n) is 10.0. The molecule has 0 spiro atoms. The first kappa shape index (κ1) is 18.9. The molecule has 0 aliphatic heterocycles. The number of rotatable bonds is 0. The Morgan fingerprint density at radius 2 is 1.34 bits per heavy atom. The van der Waals surface area contributed by atoms with E-state index in [1.54, 1.807) is 0 Å². The third-order valence-corrected chi connectivity index (χ3v) is 7.70. The summed E-state index contributed by atoms with van der Waals surface area (Å²) in [4.78, 5) is 3.86. The van der Waals surface area contributed by atoms with Gasteiger partial charge in [0.15, 0.2) is 5.69 Å². The van der Waals surface area contributed by atoms with Crippen molar-refractivity contribution in [2.24, 2.45) is 0 Å². The molecular formula is C30H22N2. The standard InChI is InChI=1S/C30H22N2/c1-29(2)23-12-17(16-31)10-11-18(23)21-13-25-22(14-24(21)29)28-20-9-7-6-8-19(20)27(32-5)15-26(28)30(25,3)4/h6-15H,1-4H3. The Hall–Kier alpha value is -3.88. The van der Waals surface area contributed by atoms with Gasteiger partial charge in [-0.15, -0.1) is 0 Å². The van der Waals surface area contributed by atoms with Crippen LogP contribution in [0.2, 0.25) is 0 Å². The van der Waals surface area contributed by atoms with Crippen molar-refractivity contribution in [3.63, 3.8) is 0 Å². The maximum absolute atomic E-state index is 9.44. The second-order valence-corrected chi connectivity index (χ2v) is 10.0. The van der Waals surface area contributed by atoms with E-state index in [-0.39, 0.29) is 10.8 Å². The molecule has 0 radical (unpaired) electrons. The van der Waals surface area contributed by atoms with Crippen LogP contribution in [0.3, 0.4) is 0 Å². The predicted octanol–water partition coefficient (Wildman–Crippen LogP) is 7.87. The van der Waals surface area contributed by atoms with Gasteiger partial charge in [0.1, 0.15) is 0 Å². The van der Waals surface area contributed by atoms with Crippen LogP contribution in [-0.4, -0.2) is 0 Å². The minimum absolute atomic E-state index is 0.175. The van der Waals surface area contributed by atoms with Gasteiger partial charge in [-0.25, -0.2) is 4.85 Å². The molecule has 152 valence electrons. The summed E-state index contributed by atoms with van der Waals surface area (Å²) in [7, 11) is 0. The van der Waals surface area contributed by atoms with Gasteiger partial charge in [0, 0.05) is 10.8 Å².